The van der Waals surface area contributed by atoms with Crippen molar-refractivity contribution >= 4 is 17.2 Å². The smallest absolute Gasteiger partial charge is 0.225 e. The predicted molar refractivity (Wildman–Crippen MR) is 70.7 cm³/mol. The second-order valence-corrected chi connectivity index (χ2v) is 5.94. The van der Waals surface area contributed by atoms with Crippen molar-refractivity contribution in [3.63, 3.8) is 0 Å². The summed E-state index contributed by atoms with van der Waals surface area (Å²) in [7, 11) is 0. The van der Waals surface area contributed by atoms with Crippen LogP contribution in [0.1, 0.15) is 22.0 Å². The van der Waals surface area contributed by atoms with Gasteiger partial charge in [0.15, 0.2) is 0 Å². The highest BCUT2D eigenvalue weighted by atomic mass is 32.1. The monoisotopic (exact) mass is 269 g/mol. The molecule has 2 atom stereocenters. The van der Waals surface area contributed by atoms with E-state index in [1.54, 1.807) is 11.3 Å². The number of thiazole rings is 1. The molecule has 18 heavy (non-hydrogen) atoms. The molecule has 2 heterocycles. The molecule has 0 radical (unpaired) electrons. The molecular weight excluding hydrogens is 250 g/mol. The third-order valence-corrected chi connectivity index (χ3v) is 4.19. The third kappa shape index (κ3) is 3.28. The van der Waals surface area contributed by atoms with E-state index in [1.165, 1.54) is 0 Å². The molecule has 1 fully saturated rings. The topological polar surface area (TPSA) is 74.2 Å². The molecule has 0 aromatic carbocycles. The number of aliphatic hydroxyl groups is 1. The number of nitrogens with zero attached hydrogens (tertiary/aromatic N) is 1. The van der Waals surface area contributed by atoms with Gasteiger partial charge in [0, 0.05) is 11.4 Å². The van der Waals surface area contributed by atoms with Gasteiger partial charge in [0.05, 0.1) is 29.3 Å². The summed E-state index contributed by atoms with van der Waals surface area (Å²) in [6.45, 7) is 5.24. The molecule has 1 amide bonds. The minimum absolute atomic E-state index is 0.0345. The minimum Gasteiger partial charge on any atom is -0.390 e. The van der Waals surface area contributed by atoms with Gasteiger partial charge in [-0.3, -0.25) is 4.79 Å². The Labute approximate surface area is 111 Å². The van der Waals surface area contributed by atoms with Crippen molar-refractivity contribution in [1.29, 1.82) is 0 Å². The summed E-state index contributed by atoms with van der Waals surface area (Å²) < 4.78 is 0. The second-order valence-electron chi connectivity index (χ2n) is 4.65. The van der Waals surface area contributed by atoms with Gasteiger partial charge in [-0.1, -0.05) is 0 Å². The molecule has 2 unspecified atom stereocenters. The first kappa shape index (κ1) is 13.5. The van der Waals surface area contributed by atoms with Gasteiger partial charge in [-0.05, 0) is 26.8 Å². The average molecular weight is 269 g/mol. The number of aromatic nitrogens is 1. The van der Waals surface area contributed by atoms with Gasteiger partial charge < -0.3 is 15.7 Å². The third-order valence-electron chi connectivity index (χ3n) is 3.12. The van der Waals surface area contributed by atoms with E-state index in [-0.39, 0.29) is 11.9 Å². The summed E-state index contributed by atoms with van der Waals surface area (Å²) in [6.07, 6.45) is 0.633. The van der Waals surface area contributed by atoms with Crippen molar-refractivity contribution in [3.8, 4) is 0 Å². The number of aliphatic hydroxyl groups excluding tert-OH is 1. The Morgan fingerprint density at radius 2 is 2.39 bits per heavy atom. The van der Waals surface area contributed by atoms with Crippen LogP contribution in [0.3, 0.4) is 0 Å². The molecule has 0 spiro atoms. The van der Waals surface area contributed by atoms with Crippen molar-refractivity contribution < 1.29 is 9.90 Å². The lowest BCUT2D eigenvalue weighted by atomic mass is 10.0. The van der Waals surface area contributed by atoms with E-state index < -0.39 is 6.10 Å². The van der Waals surface area contributed by atoms with Gasteiger partial charge in [-0.2, -0.15) is 0 Å². The van der Waals surface area contributed by atoms with Crippen LogP contribution in [0.25, 0.3) is 0 Å². The lowest BCUT2D eigenvalue weighted by molar-refractivity contribution is -0.122. The van der Waals surface area contributed by atoms with Gasteiger partial charge in [0.2, 0.25) is 5.91 Å². The second kappa shape index (κ2) is 5.77. The van der Waals surface area contributed by atoms with Gasteiger partial charge in [0.25, 0.3) is 0 Å². The first-order valence-electron chi connectivity index (χ1n) is 6.17. The Kier molecular flexibility index (Phi) is 4.31. The van der Waals surface area contributed by atoms with E-state index in [2.05, 4.69) is 15.6 Å². The molecule has 1 aliphatic rings. The maximum Gasteiger partial charge on any atom is 0.225 e. The van der Waals surface area contributed by atoms with Crippen LogP contribution in [-0.4, -0.2) is 41.2 Å². The number of hydrogen-bond acceptors (Lipinski definition) is 5. The molecule has 0 aliphatic carbocycles. The highest BCUT2D eigenvalue weighted by molar-refractivity contribution is 7.11. The van der Waals surface area contributed by atoms with Gasteiger partial charge >= 0.3 is 0 Å². The molecule has 2 rings (SSSR count). The van der Waals surface area contributed by atoms with Gasteiger partial charge in [-0.25, -0.2) is 4.98 Å². The molecule has 5 nitrogen and oxygen atoms in total. The van der Waals surface area contributed by atoms with Crippen LogP contribution >= 0.6 is 11.3 Å². The van der Waals surface area contributed by atoms with Crippen LogP contribution in [0.4, 0.5) is 0 Å². The zero-order valence-electron chi connectivity index (χ0n) is 10.7. The Hall–Kier alpha value is -0.980. The number of nitrogens with one attached hydrogen (secondary N) is 2. The molecule has 6 heteroatoms. The van der Waals surface area contributed by atoms with Crippen LogP contribution in [0.2, 0.25) is 0 Å². The van der Waals surface area contributed by atoms with Gasteiger partial charge in [0.1, 0.15) is 0 Å². The van der Waals surface area contributed by atoms with Crippen molar-refractivity contribution in [2.75, 3.05) is 13.1 Å². The summed E-state index contributed by atoms with van der Waals surface area (Å²) in [4.78, 5) is 17.2. The number of amides is 1. The van der Waals surface area contributed by atoms with E-state index in [0.717, 1.165) is 28.5 Å². The highest BCUT2D eigenvalue weighted by Crippen LogP contribution is 2.17. The first-order valence-corrected chi connectivity index (χ1v) is 6.99. The average Bonchev–Trinajstić information content (AvgIpc) is 2.61. The van der Waals surface area contributed by atoms with Crippen LogP contribution in [-0.2, 0) is 11.2 Å². The minimum atomic E-state index is -0.494. The Morgan fingerprint density at radius 3 is 3.00 bits per heavy atom. The molecule has 1 aromatic heterocycles. The number of carbonyl (C=O) groups excluding carboxylic acids is 1. The number of hydrogen-bond donors (Lipinski definition) is 3. The molecule has 1 aromatic rings. The molecule has 1 aliphatic heterocycles. The van der Waals surface area contributed by atoms with Crippen molar-refractivity contribution in [2.45, 2.75) is 38.8 Å². The summed E-state index contributed by atoms with van der Waals surface area (Å²) in [5, 5.41) is 16.7. The SMILES string of the molecule is Cc1nc(C)c(CC(=O)NC2CCNCC2O)s1. The normalized spacial score (nSPS) is 23.9. The summed E-state index contributed by atoms with van der Waals surface area (Å²) >= 11 is 1.56. The highest BCUT2D eigenvalue weighted by Gasteiger charge is 2.24. The maximum absolute atomic E-state index is 11.9. The lowest BCUT2D eigenvalue weighted by Crippen LogP contribution is -2.52. The molecule has 3 N–H and O–H groups in total. The largest absolute Gasteiger partial charge is 0.390 e. The van der Waals surface area contributed by atoms with E-state index in [4.69, 9.17) is 0 Å². The number of rotatable bonds is 3. The van der Waals surface area contributed by atoms with Crippen molar-refractivity contribution in [2.24, 2.45) is 0 Å². The Balaban J connectivity index is 1.90. The molecule has 0 saturated carbocycles. The Bertz CT molecular complexity index is 433. The summed E-state index contributed by atoms with van der Waals surface area (Å²) in [5.74, 6) is -0.0345. The summed E-state index contributed by atoms with van der Waals surface area (Å²) in [5.41, 5.74) is 0.929. The quantitative estimate of drug-likeness (QED) is 0.730. The fourth-order valence-corrected chi connectivity index (χ4v) is 3.09. The fraction of sp³-hybridized carbons (Fsp3) is 0.667. The molecular formula is C12H19N3O2S. The van der Waals surface area contributed by atoms with Crippen LogP contribution < -0.4 is 10.6 Å². The first-order chi connectivity index (χ1) is 8.56. The fourth-order valence-electron chi connectivity index (χ4n) is 2.15. The van der Waals surface area contributed by atoms with Crippen LogP contribution in [0.15, 0.2) is 0 Å². The molecule has 1 saturated heterocycles. The van der Waals surface area contributed by atoms with E-state index in [0.29, 0.717) is 13.0 Å². The zero-order chi connectivity index (χ0) is 13.1. The number of aryl methyl sites for hydroxylation is 2. The molecule has 100 valence electrons. The van der Waals surface area contributed by atoms with E-state index in [9.17, 15) is 9.90 Å². The standard InChI is InChI=1S/C12H19N3O2S/c1-7-11(18-8(2)14-7)5-12(17)15-9-3-4-13-6-10(9)16/h9-10,13,16H,3-6H2,1-2H3,(H,15,17). The van der Waals surface area contributed by atoms with E-state index in [1.807, 2.05) is 13.8 Å². The van der Waals surface area contributed by atoms with Crippen molar-refractivity contribution in [1.82, 2.24) is 15.6 Å². The predicted octanol–water partition coefficient (Wildman–Crippen LogP) is 0.141. The number of piperidine rings is 1. The number of carbonyl (C=O) groups is 1. The Morgan fingerprint density at radius 1 is 1.61 bits per heavy atom. The van der Waals surface area contributed by atoms with Gasteiger partial charge in [-0.15, -0.1) is 11.3 Å². The summed E-state index contributed by atoms with van der Waals surface area (Å²) in [6, 6.07) is -0.131. The molecule has 0 bridgehead atoms. The zero-order valence-corrected chi connectivity index (χ0v) is 11.5. The number of β-amino-alcohol motifs (C(OH)–C–C–N with tert-alkyl or cyclic N) is 1. The van der Waals surface area contributed by atoms with Crippen LogP contribution in [0, 0.1) is 13.8 Å². The lowest BCUT2D eigenvalue weighted by Gasteiger charge is -2.29. The van der Waals surface area contributed by atoms with Crippen LogP contribution in [0.5, 0.6) is 0 Å². The van der Waals surface area contributed by atoms with Crippen molar-refractivity contribution in [3.05, 3.63) is 15.6 Å². The maximum atomic E-state index is 11.9. The van der Waals surface area contributed by atoms with E-state index >= 15 is 0 Å².